The monoisotopic (exact) mass is 576 g/mol. The van der Waals surface area contributed by atoms with Crippen molar-refractivity contribution in [2.24, 2.45) is 0 Å². The molecule has 0 radical (unpaired) electrons. The first kappa shape index (κ1) is 29.3. The van der Waals surface area contributed by atoms with E-state index in [9.17, 15) is 23.1 Å². The molecule has 3 N–H and O–H groups in total. The molecule has 8 nitrogen and oxygen atoms in total. The van der Waals surface area contributed by atoms with Gasteiger partial charge in [0.05, 0.1) is 22.7 Å². The number of aromatic nitrogens is 2. The third-order valence-electron chi connectivity index (χ3n) is 6.04. The summed E-state index contributed by atoms with van der Waals surface area (Å²) in [6.45, 7) is 4.14. The van der Waals surface area contributed by atoms with Crippen LogP contribution < -0.4 is 15.4 Å². The Morgan fingerprint density at radius 1 is 1.10 bits per heavy atom. The first-order valence-corrected chi connectivity index (χ1v) is 13.0. The lowest BCUT2D eigenvalue weighted by Gasteiger charge is -2.17. The van der Waals surface area contributed by atoms with E-state index < -0.39 is 18.1 Å². The Kier molecular flexibility index (Phi) is 9.62. The van der Waals surface area contributed by atoms with Crippen LogP contribution in [0.15, 0.2) is 54.9 Å². The van der Waals surface area contributed by atoms with Crippen molar-refractivity contribution in [1.82, 2.24) is 15.3 Å². The number of carbonyl (C=O) groups is 1. The standard InChI is InChI=1S/C28H28ClF3N4O4/c1-17(16-39-11-3-2-9-33-14-18-4-7-25(23(29)12-18)40-28(30,31)32)35-26-21-8-10-34-15-22(21)20-6-5-19(27(37)38)13-24(20)36-26/h4-8,10,12-13,15,17,33H,2-3,9,11,14,16H2,1H3,(H,35,36)(H,37,38). The zero-order valence-electron chi connectivity index (χ0n) is 21.6. The van der Waals surface area contributed by atoms with Gasteiger partial charge in [-0.1, -0.05) is 23.7 Å². The lowest BCUT2D eigenvalue weighted by molar-refractivity contribution is -0.274. The Morgan fingerprint density at radius 2 is 1.93 bits per heavy atom. The summed E-state index contributed by atoms with van der Waals surface area (Å²) in [6, 6.07) is 10.9. The molecule has 0 amide bonds. The van der Waals surface area contributed by atoms with Gasteiger partial charge in [-0.2, -0.15) is 0 Å². The molecule has 12 heteroatoms. The summed E-state index contributed by atoms with van der Waals surface area (Å²) in [6.07, 6.45) is 0.312. The van der Waals surface area contributed by atoms with Gasteiger partial charge in [0.2, 0.25) is 0 Å². The summed E-state index contributed by atoms with van der Waals surface area (Å²) in [5.74, 6) is -0.807. The molecule has 2 aromatic heterocycles. The number of unbranched alkanes of at least 4 members (excludes halogenated alkanes) is 1. The Hall–Kier alpha value is -3.67. The highest BCUT2D eigenvalue weighted by molar-refractivity contribution is 6.32. The van der Waals surface area contributed by atoms with E-state index in [1.54, 1.807) is 30.6 Å². The number of carboxylic acid groups (broad SMARTS) is 1. The van der Waals surface area contributed by atoms with Crippen molar-refractivity contribution in [3.8, 4) is 5.75 Å². The fourth-order valence-electron chi connectivity index (χ4n) is 4.17. The van der Waals surface area contributed by atoms with E-state index in [2.05, 4.69) is 25.3 Å². The van der Waals surface area contributed by atoms with Crippen molar-refractivity contribution in [1.29, 1.82) is 0 Å². The zero-order chi connectivity index (χ0) is 28.7. The maximum atomic E-state index is 12.4. The van der Waals surface area contributed by atoms with E-state index in [-0.39, 0.29) is 16.6 Å². The predicted octanol–water partition coefficient (Wildman–Crippen LogP) is 6.42. The van der Waals surface area contributed by atoms with Crippen molar-refractivity contribution in [3.63, 3.8) is 0 Å². The quantitative estimate of drug-likeness (QED) is 0.124. The lowest BCUT2D eigenvalue weighted by Crippen LogP contribution is -2.23. The average molecular weight is 577 g/mol. The number of fused-ring (bicyclic) bond motifs is 3. The number of hydrogen-bond donors (Lipinski definition) is 3. The van der Waals surface area contributed by atoms with Crippen molar-refractivity contribution in [2.45, 2.75) is 38.7 Å². The molecule has 1 unspecified atom stereocenters. The molecule has 0 fully saturated rings. The van der Waals surface area contributed by atoms with Gasteiger partial charge in [-0.05, 0) is 62.2 Å². The van der Waals surface area contributed by atoms with Crippen LogP contribution in [0.5, 0.6) is 5.75 Å². The van der Waals surface area contributed by atoms with E-state index in [1.165, 1.54) is 18.2 Å². The smallest absolute Gasteiger partial charge is 0.478 e. The second-order valence-corrected chi connectivity index (χ2v) is 9.64. The molecule has 2 heterocycles. The highest BCUT2D eigenvalue weighted by Crippen LogP contribution is 2.31. The fourth-order valence-corrected chi connectivity index (χ4v) is 4.42. The van der Waals surface area contributed by atoms with Gasteiger partial charge >= 0.3 is 12.3 Å². The summed E-state index contributed by atoms with van der Waals surface area (Å²) in [7, 11) is 0. The second kappa shape index (κ2) is 13.1. The Labute approximate surface area is 233 Å². The number of anilines is 1. The van der Waals surface area contributed by atoms with Crippen LogP contribution >= 0.6 is 11.6 Å². The maximum Gasteiger partial charge on any atom is 0.573 e. The normalized spacial score (nSPS) is 12.5. The van der Waals surface area contributed by atoms with Crippen LogP contribution in [0.25, 0.3) is 21.7 Å². The number of nitrogens with zero attached hydrogens (tertiary/aromatic N) is 2. The van der Waals surface area contributed by atoms with Crippen molar-refractivity contribution in [2.75, 3.05) is 25.1 Å². The van der Waals surface area contributed by atoms with Gasteiger partial charge in [0.1, 0.15) is 11.6 Å². The first-order chi connectivity index (χ1) is 19.1. The number of carboxylic acids is 1. The van der Waals surface area contributed by atoms with Crippen LogP contribution in [0.4, 0.5) is 19.0 Å². The molecule has 2 aromatic carbocycles. The third-order valence-corrected chi connectivity index (χ3v) is 6.33. The van der Waals surface area contributed by atoms with Crippen LogP contribution in [0.1, 0.15) is 35.7 Å². The lowest BCUT2D eigenvalue weighted by atomic mass is 10.1. The van der Waals surface area contributed by atoms with Gasteiger partial charge in [0.15, 0.2) is 0 Å². The number of hydrogen-bond acceptors (Lipinski definition) is 7. The third kappa shape index (κ3) is 7.93. The number of ether oxygens (including phenoxy) is 2. The van der Waals surface area contributed by atoms with Crippen molar-refractivity contribution >= 4 is 45.1 Å². The molecular formula is C28H28ClF3N4O4. The number of rotatable bonds is 13. The topological polar surface area (TPSA) is 106 Å². The zero-order valence-corrected chi connectivity index (χ0v) is 22.4. The first-order valence-electron chi connectivity index (χ1n) is 12.6. The van der Waals surface area contributed by atoms with E-state index in [1.807, 2.05) is 13.0 Å². The largest absolute Gasteiger partial charge is 0.573 e. The van der Waals surface area contributed by atoms with Gasteiger partial charge in [-0.15, -0.1) is 13.2 Å². The average Bonchev–Trinajstić information content (AvgIpc) is 2.90. The Bertz CT molecular complexity index is 1490. The summed E-state index contributed by atoms with van der Waals surface area (Å²) in [5, 5.41) is 18.4. The number of pyridine rings is 2. The number of alkyl halides is 3. The molecule has 1 atom stereocenters. The van der Waals surface area contributed by atoms with Gasteiger partial charge in [-0.3, -0.25) is 4.98 Å². The molecule has 0 aliphatic rings. The fraction of sp³-hybridized carbons (Fsp3) is 0.321. The van der Waals surface area contributed by atoms with Crippen LogP contribution in [0, 0.1) is 0 Å². The van der Waals surface area contributed by atoms with E-state index >= 15 is 0 Å². The Balaban J connectivity index is 1.20. The molecular weight excluding hydrogens is 549 g/mol. The van der Waals surface area contributed by atoms with Crippen LogP contribution in [-0.2, 0) is 11.3 Å². The molecule has 4 aromatic rings. The van der Waals surface area contributed by atoms with E-state index in [0.29, 0.717) is 37.6 Å². The molecule has 0 saturated carbocycles. The minimum absolute atomic E-state index is 0.0591. The molecule has 0 aliphatic carbocycles. The van der Waals surface area contributed by atoms with Crippen molar-refractivity contribution < 1.29 is 32.5 Å². The summed E-state index contributed by atoms with van der Waals surface area (Å²) < 4.78 is 46.8. The number of halogens is 4. The van der Waals surface area contributed by atoms with Gasteiger partial charge in [0, 0.05) is 47.7 Å². The van der Waals surface area contributed by atoms with Crippen LogP contribution in [0.2, 0.25) is 5.02 Å². The molecule has 0 aliphatic heterocycles. The second-order valence-electron chi connectivity index (χ2n) is 9.24. The highest BCUT2D eigenvalue weighted by Gasteiger charge is 2.32. The number of aromatic carboxylic acids is 1. The maximum absolute atomic E-state index is 12.4. The minimum atomic E-state index is -4.79. The molecule has 4 rings (SSSR count). The summed E-state index contributed by atoms with van der Waals surface area (Å²) in [5.41, 5.74) is 1.48. The SMILES string of the molecule is CC(COCCCCNCc1ccc(OC(F)(F)F)c(Cl)c1)Nc1nc2cc(C(=O)O)ccc2c2cnccc12. The van der Waals surface area contributed by atoms with Crippen LogP contribution in [0.3, 0.4) is 0 Å². The van der Waals surface area contributed by atoms with Gasteiger partial charge < -0.3 is 25.2 Å². The molecule has 0 bridgehead atoms. The molecule has 212 valence electrons. The highest BCUT2D eigenvalue weighted by atomic mass is 35.5. The molecule has 40 heavy (non-hydrogen) atoms. The van der Waals surface area contributed by atoms with Gasteiger partial charge in [-0.25, -0.2) is 9.78 Å². The number of benzene rings is 2. The predicted molar refractivity (Wildman–Crippen MR) is 147 cm³/mol. The Morgan fingerprint density at radius 3 is 2.67 bits per heavy atom. The van der Waals surface area contributed by atoms with E-state index in [4.69, 9.17) is 16.3 Å². The van der Waals surface area contributed by atoms with E-state index in [0.717, 1.165) is 34.6 Å². The summed E-state index contributed by atoms with van der Waals surface area (Å²) in [4.78, 5) is 20.3. The molecule has 0 spiro atoms. The summed E-state index contributed by atoms with van der Waals surface area (Å²) >= 11 is 5.88. The molecule has 0 saturated heterocycles. The van der Waals surface area contributed by atoms with Crippen molar-refractivity contribution in [3.05, 3.63) is 71.0 Å². The number of nitrogens with one attached hydrogen (secondary N) is 2. The van der Waals surface area contributed by atoms with Crippen LogP contribution in [-0.4, -0.2) is 53.2 Å². The van der Waals surface area contributed by atoms with Gasteiger partial charge in [0.25, 0.3) is 0 Å². The minimum Gasteiger partial charge on any atom is -0.478 e.